The van der Waals surface area contributed by atoms with Crippen LogP contribution in [0.4, 0.5) is 10.1 Å². The number of hydrogen-bond donors (Lipinski definition) is 2. The Morgan fingerprint density at radius 3 is 2.63 bits per heavy atom. The van der Waals surface area contributed by atoms with Gasteiger partial charge < -0.3 is 10.4 Å². The molecule has 1 atom stereocenters. The van der Waals surface area contributed by atoms with Gasteiger partial charge in [0, 0.05) is 0 Å². The molecule has 19 heavy (non-hydrogen) atoms. The van der Waals surface area contributed by atoms with E-state index in [1.807, 2.05) is 0 Å². The Morgan fingerprint density at radius 2 is 2.16 bits per heavy atom. The van der Waals surface area contributed by atoms with Crippen LogP contribution >= 0.6 is 0 Å². The molecule has 0 heterocycles. The van der Waals surface area contributed by atoms with Gasteiger partial charge in [-0.1, -0.05) is 13.8 Å². The van der Waals surface area contributed by atoms with Crippen LogP contribution in [0.25, 0.3) is 0 Å². The Hall–Kier alpha value is -2.02. The number of nitrogens with one attached hydrogen (secondary N) is 1. The standard InChI is InChI=1S/C12H15FN2O4/c1-7(2)10(6-16)14-12(17)9-4-3-8(13)5-11(9)15(18)19/h3-5,7,10,16H,6H2,1-2H3,(H,14,17)/t10-/m1/s1. The van der Waals surface area contributed by atoms with Crippen molar-refractivity contribution in [2.75, 3.05) is 6.61 Å². The molecule has 0 aromatic heterocycles. The van der Waals surface area contributed by atoms with Crippen LogP contribution in [-0.2, 0) is 0 Å². The van der Waals surface area contributed by atoms with E-state index in [1.165, 1.54) is 0 Å². The maximum absolute atomic E-state index is 13.0. The third kappa shape index (κ3) is 3.72. The van der Waals surface area contributed by atoms with Gasteiger partial charge >= 0.3 is 0 Å². The number of hydrogen-bond acceptors (Lipinski definition) is 4. The molecule has 104 valence electrons. The van der Waals surface area contributed by atoms with Crippen molar-refractivity contribution in [3.8, 4) is 0 Å². The average molecular weight is 270 g/mol. The summed E-state index contributed by atoms with van der Waals surface area (Å²) in [5, 5.41) is 22.4. The molecule has 1 aromatic carbocycles. The third-order valence-corrected chi connectivity index (χ3v) is 2.72. The highest BCUT2D eigenvalue weighted by molar-refractivity contribution is 5.98. The first kappa shape index (κ1) is 15.0. The molecule has 1 amide bonds. The van der Waals surface area contributed by atoms with Crippen molar-refractivity contribution in [3.05, 3.63) is 39.7 Å². The average Bonchev–Trinajstić information content (AvgIpc) is 2.34. The normalized spacial score (nSPS) is 12.3. The fourth-order valence-electron chi connectivity index (χ4n) is 1.52. The number of carbonyl (C=O) groups is 1. The van der Waals surface area contributed by atoms with Gasteiger partial charge in [-0.3, -0.25) is 14.9 Å². The molecule has 1 rings (SSSR count). The third-order valence-electron chi connectivity index (χ3n) is 2.72. The molecule has 0 radical (unpaired) electrons. The quantitative estimate of drug-likeness (QED) is 0.626. The molecular formula is C12H15FN2O4. The van der Waals surface area contributed by atoms with E-state index < -0.39 is 28.4 Å². The van der Waals surface area contributed by atoms with Gasteiger partial charge in [0.1, 0.15) is 11.4 Å². The van der Waals surface area contributed by atoms with E-state index in [2.05, 4.69) is 5.32 Å². The molecule has 0 bridgehead atoms. The number of benzene rings is 1. The van der Waals surface area contributed by atoms with Gasteiger partial charge in [-0.2, -0.15) is 0 Å². The molecule has 0 spiro atoms. The number of rotatable bonds is 5. The van der Waals surface area contributed by atoms with E-state index in [1.54, 1.807) is 13.8 Å². The van der Waals surface area contributed by atoms with E-state index in [0.717, 1.165) is 12.1 Å². The minimum Gasteiger partial charge on any atom is -0.394 e. The van der Waals surface area contributed by atoms with Gasteiger partial charge in [-0.05, 0) is 18.1 Å². The highest BCUT2D eigenvalue weighted by Gasteiger charge is 2.23. The van der Waals surface area contributed by atoms with Crippen molar-refractivity contribution >= 4 is 11.6 Å². The summed E-state index contributed by atoms with van der Waals surface area (Å²) in [6, 6.07) is 2.21. The number of nitro groups is 1. The van der Waals surface area contributed by atoms with E-state index in [9.17, 15) is 19.3 Å². The largest absolute Gasteiger partial charge is 0.394 e. The molecule has 0 aliphatic rings. The number of halogens is 1. The van der Waals surface area contributed by atoms with Crippen LogP contribution in [0.3, 0.4) is 0 Å². The van der Waals surface area contributed by atoms with Gasteiger partial charge in [-0.15, -0.1) is 0 Å². The topological polar surface area (TPSA) is 92.5 Å². The first-order chi connectivity index (χ1) is 8.86. The van der Waals surface area contributed by atoms with E-state index >= 15 is 0 Å². The van der Waals surface area contributed by atoms with Crippen LogP contribution in [0.5, 0.6) is 0 Å². The molecule has 0 saturated carbocycles. The second-order valence-corrected chi connectivity index (χ2v) is 4.43. The summed E-state index contributed by atoms with van der Waals surface area (Å²) in [6.45, 7) is 3.30. The van der Waals surface area contributed by atoms with Crippen molar-refractivity contribution in [2.45, 2.75) is 19.9 Å². The number of aliphatic hydroxyl groups excluding tert-OH is 1. The van der Waals surface area contributed by atoms with Crippen LogP contribution in [0.1, 0.15) is 24.2 Å². The zero-order chi connectivity index (χ0) is 14.6. The second-order valence-electron chi connectivity index (χ2n) is 4.43. The van der Waals surface area contributed by atoms with Crippen molar-refractivity contribution in [3.63, 3.8) is 0 Å². The molecule has 0 fully saturated rings. The maximum atomic E-state index is 13.0. The van der Waals surface area contributed by atoms with E-state index in [-0.39, 0.29) is 18.1 Å². The van der Waals surface area contributed by atoms with Crippen LogP contribution in [0, 0.1) is 21.8 Å². The molecule has 0 aliphatic carbocycles. The summed E-state index contributed by atoms with van der Waals surface area (Å²) >= 11 is 0. The number of aliphatic hydroxyl groups is 1. The first-order valence-electron chi connectivity index (χ1n) is 5.72. The Labute approximate surface area is 109 Å². The molecule has 2 N–H and O–H groups in total. The van der Waals surface area contributed by atoms with Crippen LogP contribution in [0.15, 0.2) is 18.2 Å². The summed E-state index contributed by atoms with van der Waals surface area (Å²) in [5.74, 6) is -1.53. The fourth-order valence-corrected chi connectivity index (χ4v) is 1.52. The fraction of sp³-hybridized carbons (Fsp3) is 0.417. The lowest BCUT2D eigenvalue weighted by molar-refractivity contribution is -0.385. The number of nitro benzene ring substituents is 1. The Kier molecular flexibility index (Phi) is 4.94. The van der Waals surface area contributed by atoms with Crippen LogP contribution < -0.4 is 5.32 Å². The van der Waals surface area contributed by atoms with E-state index in [0.29, 0.717) is 6.07 Å². The molecule has 7 heteroatoms. The lowest BCUT2D eigenvalue weighted by Gasteiger charge is -2.19. The molecule has 0 unspecified atom stereocenters. The highest BCUT2D eigenvalue weighted by Crippen LogP contribution is 2.20. The van der Waals surface area contributed by atoms with Gasteiger partial charge in [-0.25, -0.2) is 4.39 Å². The lowest BCUT2D eigenvalue weighted by Crippen LogP contribution is -2.41. The Bertz CT molecular complexity index is 491. The number of nitrogens with zero attached hydrogens (tertiary/aromatic N) is 1. The maximum Gasteiger partial charge on any atom is 0.285 e. The van der Waals surface area contributed by atoms with Gasteiger partial charge in [0.2, 0.25) is 0 Å². The van der Waals surface area contributed by atoms with Crippen molar-refractivity contribution < 1.29 is 19.2 Å². The molecule has 0 saturated heterocycles. The number of amides is 1. The summed E-state index contributed by atoms with van der Waals surface area (Å²) < 4.78 is 13.0. The van der Waals surface area contributed by atoms with Gasteiger partial charge in [0.15, 0.2) is 0 Å². The van der Waals surface area contributed by atoms with Crippen molar-refractivity contribution in [2.24, 2.45) is 5.92 Å². The molecule has 1 aromatic rings. The molecular weight excluding hydrogens is 255 g/mol. The molecule has 0 aliphatic heterocycles. The van der Waals surface area contributed by atoms with Crippen molar-refractivity contribution in [1.29, 1.82) is 0 Å². The minimum absolute atomic E-state index is 0.0338. The summed E-state index contributed by atoms with van der Waals surface area (Å²) in [5.41, 5.74) is -0.830. The molecule has 6 nitrogen and oxygen atoms in total. The second kappa shape index (κ2) is 6.24. The van der Waals surface area contributed by atoms with E-state index in [4.69, 9.17) is 5.11 Å². The first-order valence-corrected chi connectivity index (χ1v) is 5.72. The predicted molar refractivity (Wildman–Crippen MR) is 66.2 cm³/mol. The highest BCUT2D eigenvalue weighted by atomic mass is 19.1. The minimum atomic E-state index is -0.818. The van der Waals surface area contributed by atoms with Gasteiger partial charge in [0.05, 0.1) is 23.6 Å². The Morgan fingerprint density at radius 1 is 1.53 bits per heavy atom. The predicted octanol–water partition coefficient (Wildman–Crippen LogP) is 1.48. The number of carbonyl (C=O) groups excluding carboxylic acids is 1. The SMILES string of the molecule is CC(C)[C@@H](CO)NC(=O)c1ccc(F)cc1[N+](=O)[O-]. The zero-order valence-electron chi connectivity index (χ0n) is 10.6. The zero-order valence-corrected chi connectivity index (χ0v) is 10.6. The van der Waals surface area contributed by atoms with Crippen molar-refractivity contribution in [1.82, 2.24) is 5.32 Å². The summed E-state index contributed by atoms with van der Waals surface area (Å²) in [4.78, 5) is 21.9. The van der Waals surface area contributed by atoms with Crippen LogP contribution in [-0.4, -0.2) is 28.6 Å². The Balaban J connectivity index is 3.03. The van der Waals surface area contributed by atoms with Crippen LogP contribution in [0.2, 0.25) is 0 Å². The smallest absolute Gasteiger partial charge is 0.285 e. The summed E-state index contributed by atoms with van der Waals surface area (Å²) in [6.07, 6.45) is 0. The summed E-state index contributed by atoms with van der Waals surface area (Å²) in [7, 11) is 0. The lowest BCUT2D eigenvalue weighted by atomic mass is 10.0. The van der Waals surface area contributed by atoms with Gasteiger partial charge in [0.25, 0.3) is 11.6 Å². The monoisotopic (exact) mass is 270 g/mol.